The maximum absolute atomic E-state index is 12.4. The molecule has 1 atom stereocenters. The van der Waals surface area contributed by atoms with E-state index in [1.54, 1.807) is 12.1 Å². The molecule has 2 aromatic carbocycles. The van der Waals surface area contributed by atoms with Crippen molar-refractivity contribution in [2.75, 3.05) is 12.8 Å². The van der Waals surface area contributed by atoms with Crippen molar-refractivity contribution in [1.29, 1.82) is 0 Å². The molecule has 1 aliphatic heterocycles. The van der Waals surface area contributed by atoms with Gasteiger partial charge in [0.05, 0.1) is 18.9 Å². The van der Waals surface area contributed by atoms with Gasteiger partial charge in [-0.05, 0) is 23.8 Å². The smallest absolute Gasteiger partial charge is 0.242 e. The molecule has 0 radical (unpaired) electrons. The second-order valence-electron chi connectivity index (χ2n) is 5.72. The van der Waals surface area contributed by atoms with Crippen molar-refractivity contribution >= 4 is 17.3 Å². The summed E-state index contributed by atoms with van der Waals surface area (Å²) >= 11 is 0. The molecule has 0 bridgehead atoms. The van der Waals surface area contributed by atoms with Gasteiger partial charge in [0.1, 0.15) is 5.75 Å². The van der Waals surface area contributed by atoms with Crippen LogP contribution >= 0.6 is 0 Å². The molecule has 0 saturated carbocycles. The highest BCUT2D eigenvalue weighted by Crippen LogP contribution is 2.37. The van der Waals surface area contributed by atoms with Gasteiger partial charge < -0.3 is 10.5 Å². The number of hydrogen-bond donors (Lipinski definition) is 1. The van der Waals surface area contributed by atoms with Crippen molar-refractivity contribution in [1.82, 2.24) is 5.01 Å². The molecule has 1 unspecified atom stereocenters. The highest BCUT2D eigenvalue weighted by Gasteiger charge is 2.33. The number of hydrogen-bond acceptors (Lipinski definition) is 4. The van der Waals surface area contributed by atoms with Crippen molar-refractivity contribution in [3.8, 4) is 5.75 Å². The summed E-state index contributed by atoms with van der Waals surface area (Å²) in [6, 6.07) is 15.2. The Morgan fingerprint density at radius 1 is 1.25 bits per heavy atom. The monoisotopic (exact) mass is 323 g/mol. The largest absolute Gasteiger partial charge is 0.496 e. The van der Waals surface area contributed by atoms with Crippen molar-refractivity contribution in [3.05, 3.63) is 59.7 Å². The predicted molar refractivity (Wildman–Crippen MR) is 94.9 cm³/mol. The Balaban J connectivity index is 1.98. The van der Waals surface area contributed by atoms with E-state index in [-0.39, 0.29) is 11.9 Å². The van der Waals surface area contributed by atoms with Gasteiger partial charge in [-0.1, -0.05) is 37.3 Å². The van der Waals surface area contributed by atoms with E-state index in [9.17, 15) is 4.79 Å². The molecule has 24 heavy (non-hydrogen) atoms. The Hall–Kier alpha value is -2.82. The fourth-order valence-electron chi connectivity index (χ4n) is 2.94. The van der Waals surface area contributed by atoms with Crippen molar-refractivity contribution < 1.29 is 9.53 Å². The number of nitrogen functional groups attached to an aromatic ring is 1. The molecule has 0 saturated heterocycles. The van der Waals surface area contributed by atoms with Gasteiger partial charge in [0.2, 0.25) is 5.91 Å². The van der Waals surface area contributed by atoms with Crippen LogP contribution in [0.1, 0.15) is 36.9 Å². The first-order valence-corrected chi connectivity index (χ1v) is 8.02. The summed E-state index contributed by atoms with van der Waals surface area (Å²) in [6.07, 6.45) is 1.06. The molecule has 0 fully saturated rings. The van der Waals surface area contributed by atoms with Crippen LogP contribution in [0.2, 0.25) is 0 Å². The normalized spacial score (nSPS) is 16.8. The van der Waals surface area contributed by atoms with Crippen molar-refractivity contribution in [3.63, 3.8) is 0 Å². The number of rotatable bonds is 4. The summed E-state index contributed by atoms with van der Waals surface area (Å²) in [5.41, 5.74) is 9.30. The maximum Gasteiger partial charge on any atom is 0.242 e. The molecule has 5 nitrogen and oxygen atoms in total. The van der Waals surface area contributed by atoms with Gasteiger partial charge in [0, 0.05) is 24.1 Å². The van der Waals surface area contributed by atoms with E-state index in [0.29, 0.717) is 18.5 Å². The molecular weight excluding hydrogens is 302 g/mol. The van der Waals surface area contributed by atoms with Gasteiger partial charge in [-0.3, -0.25) is 4.79 Å². The van der Waals surface area contributed by atoms with Crippen LogP contribution in [0.25, 0.3) is 0 Å². The average molecular weight is 323 g/mol. The summed E-state index contributed by atoms with van der Waals surface area (Å²) in [7, 11) is 1.64. The third-order valence-electron chi connectivity index (χ3n) is 4.21. The molecule has 1 heterocycles. The van der Waals surface area contributed by atoms with Gasteiger partial charge in [0.15, 0.2) is 0 Å². The third kappa shape index (κ3) is 2.97. The standard InChI is InChI=1S/C19H21N3O2/c1-3-19(23)22-17(15-6-4-5-7-18(15)24-2)12-16(21-22)13-8-10-14(20)11-9-13/h4-11,17H,3,12,20H2,1-2H3. The summed E-state index contributed by atoms with van der Waals surface area (Å²) < 4.78 is 5.47. The minimum Gasteiger partial charge on any atom is -0.496 e. The van der Waals surface area contributed by atoms with Crippen molar-refractivity contribution in [2.45, 2.75) is 25.8 Å². The highest BCUT2D eigenvalue weighted by atomic mass is 16.5. The third-order valence-corrected chi connectivity index (χ3v) is 4.21. The SMILES string of the molecule is CCC(=O)N1N=C(c2ccc(N)cc2)CC1c1ccccc1OC. The Labute approximate surface area is 141 Å². The second-order valence-corrected chi connectivity index (χ2v) is 5.72. The zero-order chi connectivity index (χ0) is 17.1. The van der Waals surface area contributed by atoms with Crippen LogP contribution in [0.5, 0.6) is 5.75 Å². The van der Waals surface area contributed by atoms with Gasteiger partial charge in [0.25, 0.3) is 0 Å². The van der Waals surface area contributed by atoms with Crippen LogP contribution in [0, 0.1) is 0 Å². The maximum atomic E-state index is 12.4. The quantitative estimate of drug-likeness (QED) is 0.877. The number of methoxy groups -OCH3 is 1. The van der Waals surface area contributed by atoms with Crippen LogP contribution in [0.4, 0.5) is 5.69 Å². The number of carbonyl (C=O) groups excluding carboxylic acids is 1. The summed E-state index contributed by atoms with van der Waals surface area (Å²) in [5, 5.41) is 6.18. The van der Waals surface area contributed by atoms with E-state index in [4.69, 9.17) is 10.5 Å². The molecule has 1 amide bonds. The second kappa shape index (κ2) is 6.74. The first-order valence-electron chi connectivity index (χ1n) is 8.02. The molecule has 3 rings (SSSR count). The topological polar surface area (TPSA) is 67.9 Å². The molecule has 0 aliphatic carbocycles. The Kier molecular flexibility index (Phi) is 4.51. The zero-order valence-electron chi connectivity index (χ0n) is 13.9. The predicted octanol–water partition coefficient (Wildman–Crippen LogP) is 3.37. The fourth-order valence-corrected chi connectivity index (χ4v) is 2.94. The molecule has 5 heteroatoms. The molecule has 2 aromatic rings. The van der Waals surface area contributed by atoms with Crippen LogP contribution in [0.3, 0.4) is 0 Å². The number of amides is 1. The Bertz CT molecular complexity index is 768. The van der Waals surface area contributed by atoms with Crippen molar-refractivity contribution in [2.24, 2.45) is 5.10 Å². The Morgan fingerprint density at radius 3 is 2.62 bits per heavy atom. The van der Waals surface area contributed by atoms with E-state index in [1.165, 1.54) is 0 Å². The van der Waals surface area contributed by atoms with Gasteiger partial charge in [-0.2, -0.15) is 5.10 Å². The molecular formula is C19H21N3O2. The minimum atomic E-state index is -0.152. The molecule has 2 N–H and O–H groups in total. The summed E-state index contributed by atoms with van der Waals surface area (Å²) in [5.74, 6) is 0.765. The lowest BCUT2D eigenvalue weighted by atomic mass is 9.97. The van der Waals surface area contributed by atoms with E-state index in [0.717, 1.165) is 22.6 Å². The molecule has 0 aromatic heterocycles. The first kappa shape index (κ1) is 16.1. The van der Waals surface area contributed by atoms with Gasteiger partial charge >= 0.3 is 0 Å². The first-order chi connectivity index (χ1) is 11.6. The van der Waals surface area contributed by atoms with E-state index in [1.807, 2.05) is 55.5 Å². The lowest BCUT2D eigenvalue weighted by Gasteiger charge is -2.23. The van der Waals surface area contributed by atoms with Crippen LogP contribution in [-0.4, -0.2) is 23.7 Å². The van der Waals surface area contributed by atoms with E-state index in [2.05, 4.69) is 5.10 Å². The summed E-state index contributed by atoms with van der Waals surface area (Å²) in [6.45, 7) is 1.85. The number of benzene rings is 2. The van der Waals surface area contributed by atoms with Gasteiger partial charge in [-0.15, -0.1) is 0 Å². The van der Waals surface area contributed by atoms with E-state index >= 15 is 0 Å². The lowest BCUT2D eigenvalue weighted by Crippen LogP contribution is -2.26. The summed E-state index contributed by atoms with van der Waals surface area (Å²) in [4.78, 5) is 12.4. The molecule has 124 valence electrons. The van der Waals surface area contributed by atoms with Crippen LogP contribution < -0.4 is 10.5 Å². The van der Waals surface area contributed by atoms with Crippen LogP contribution in [-0.2, 0) is 4.79 Å². The number of ether oxygens (including phenoxy) is 1. The molecule has 0 spiro atoms. The van der Waals surface area contributed by atoms with Crippen LogP contribution in [0.15, 0.2) is 53.6 Å². The Morgan fingerprint density at radius 2 is 1.96 bits per heavy atom. The lowest BCUT2D eigenvalue weighted by molar-refractivity contribution is -0.132. The number of para-hydroxylation sites is 1. The van der Waals surface area contributed by atoms with Gasteiger partial charge in [-0.25, -0.2) is 5.01 Å². The van der Waals surface area contributed by atoms with E-state index < -0.39 is 0 Å². The number of nitrogens with two attached hydrogens (primary N) is 1. The number of hydrazone groups is 1. The average Bonchev–Trinajstić information content (AvgIpc) is 3.06. The number of nitrogens with zero attached hydrogens (tertiary/aromatic N) is 2. The minimum absolute atomic E-state index is 0.00338. The molecule has 1 aliphatic rings. The number of anilines is 1. The fraction of sp³-hybridized carbons (Fsp3) is 0.263. The zero-order valence-corrected chi connectivity index (χ0v) is 13.9. The highest BCUT2D eigenvalue weighted by molar-refractivity contribution is 6.03. The number of carbonyl (C=O) groups is 1.